The van der Waals surface area contributed by atoms with Crippen LogP contribution in [0.4, 0.5) is 4.79 Å². The Bertz CT molecular complexity index is 899. The highest BCUT2D eigenvalue weighted by atomic mass is 32.2. The van der Waals surface area contributed by atoms with Crippen LogP contribution in [0.25, 0.3) is 0 Å². The molecular weight excluding hydrogens is 370 g/mol. The summed E-state index contributed by atoms with van der Waals surface area (Å²) in [5.74, 6) is -0.110. The Kier molecular flexibility index (Phi) is 5.17. The van der Waals surface area contributed by atoms with Gasteiger partial charge in [-0.05, 0) is 48.8 Å². The standard InChI is InChI=1S/C22H25N3O2S/c1-24(14-16-9-11-18(28-2)12-10-16)15-25-20(26)22(23-21(25)27)13-5-7-17-6-3-4-8-19(17)22/h3-4,6,8-12H,5,7,13-15H2,1-2H3,(H,23,27)/p+1/t22-/m1/s1. The van der Waals surface area contributed by atoms with Crippen LogP contribution in [0.1, 0.15) is 29.5 Å². The van der Waals surface area contributed by atoms with E-state index in [2.05, 4.69) is 41.9 Å². The van der Waals surface area contributed by atoms with Crippen molar-refractivity contribution < 1.29 is 14.5 Å². The van der Waals surface area contributed by atoms with E-state index in [1.54, 1.807) is 11.8 Å². The molecule has 5 nitrogen and oxygen atoms in total. The van der Waals surface area contributed by atoms with Crippen molar-refractivity contribution in [1.29, 1.82) is 0 Å². The van der Waals surface area contributed by atoms with E-state index in [-0.39, 0.29) is 11.9 Å². The second-order valence-electron chi connectivity index (χ2n) is 7.72. The molecule has 0 bridgehead atoms. The SMILES string of the molecule is CSc1ccc(C[NH+](C)CN2C(=O)N[C@@]3(CCCc4ccccc43)C2=O)cc1. The lowest BCUT2D eigenvalue weighted by atomic mass is 9.76. The van der Waals surface area contributed by atoms with Crippen LogP contribution in [0.5, 0.6) is 0 Å². The molecule has 28 heavy (non-hydrogen) atoms. The van der Waals surface area contributed by atoms with Crippen LogP contribution < -0.4 is 10.2 Å². The molecule has 1 heterocycles. The van der Waals surface area contributed by atoms with E-state index >= 15 is 0 Å². The summed E-state index contributed by atoms with van der Waals surface area (Å²) >= 11 is 1.72. The molecule has 0 radical (unpaired) electrons. The van der Waals surface area contributed by atoms with E-state index in [4.69, 9.17) is 0 Å². The number of hydrogen-bond donors (Lipinski definition) is 2. The summed E-state index contributed by atoms with van der Waals surface area (Å²) in [7, 11) is 2.02. The van der Waals surface area contributed by atoms with Crippen molar-refractivity contribution in [2.45, 2.75) is 36.2 Å². The number of amides is 3. The third-order valence-corrected chi connectivity index (χ3v) is 6.49. The molecule has 2 aromatic rings. The highest BCUT2D eigenvalue weighted by molar-refractivity contribution is 7.98. The molecule has 2 atom stereocenters. The molecular formula is C22H26N3O2S+. The highest BCUT2D eigenvalue weighted by Gasteiger charge is 2.54. The average Bonchev–Trinajstić information content (AvgIpc) is 2.94. The number of thioether (sulfide) groups is 1. The summed E-state index contributed by atoms with van der Waals surface area (Å²) in [4.78, 5) is 29.8. The minimum absolute atomic E-state index is 0.110. The van der Waals surface area contributed by atoms with E-state index in [0.29, 0.717) is 13.1 Å². The van der Waals surface area contributed by atoms with Gasteiger partial charge in [0, 0.05) is 10.5 Å². The van der Waals surface area contributed by atoms with Crippen molar-refractivity contribution in [1.82, 2.24) is 10.2 Å². The highest BCUT2D eigenvalue weighted by Crippen LogP contribution is 2.39. The number of urea groups is 1. The van der Waals surface area contributed by atoms with Gasteiger partial charge in [-0.2, -0.15) is 0 Å². The van der Waals surface area contributed by atoms with E-state index in [1.807, 2.05) is 25.2 Å². The Morgan fingerprint density at radius 3 is 2.64 bits per heavy atom. The molecule has 1 fully saturated rings. The largest absolute Gasteiger partial charge is 0.329 e. The maximum atomic E-state index is 13.4. The summed E-state index contributed by atoms with van der Waals surface area (Å²) in [5, 5.41) is 3.03. The van der Waals surface area contributed by atoms with Crippen LogP contribution in [-0.4, -0.2) is 36.8 Å². The molecule has 2 aliphatic rings. The van der Waals surface area contributed by atoms with Gasteiger partial charge < -0.3 is 10.2 Å². The lowest BCUT2D eigenvalue weighted by Gasteiger charge is -2.33. The summed E-state index contributed by atoms with van der Waals surface area (Å²) in [6.45, 7) is 1.12. The van der Waals surface area contributed by atoms with Gasteiger partial charge in [0.2, 0.25) is 0 Å². The van der Waals surface area contributed by atoms with Crippen LogP contribution in [0.2, 0.25) is 0 Å². The molecule has 1 unspecified atom stereocenters. The van der Waals surface area contributed by atoms with Crippen LogP contribution in [0.3, 0.4) is 0 Å². The third-order valence-electron chi connectivity index (χ3n) is 5.74. The summed E-state index contributed by atoms with van der Waals surface area (Å²) in [6.07, 6.45) is 4.59. The second kappa shape index (κ2) is 7.60. The normalized spacial score (nSPS) is 22.3. The zero-order valence-corrected chi connectivity index (χ0v) is 17.1. The molecule has 2 N–H and O–H groups in total. The first-order chi connectivity index (χ1) is 13.5. The van der Waals surface area contributed by atoms with Gasteiger partial charge in [0.05, 0.1) is 7.05 Å². The predicted molar refractivity (Wildman–Crippen MR) is 110 cm³/mol. The molecule has 1 aliphatic heterocycles. The van der Waals surface area contributed by atoms with Crippen molar-refractivity contribution in [3.8, 4) is 0 Å². The lowest BCUT2D eigenvalue weighted by Crippen LogP contribution is -3.09. The molecule has 0 saturated carbocycles. The Balaban J connectivity index is 1.50. The second-order valence-corrected chi connectivity index (χ2v) is 8.60. The number of quaternary nitrogens is 1. The fourth-order valence-electron chi connectivity index (χ4n) is 4.37. The molecule has 2 aromatic carbocycles. The van der Waals surface area contributed by atoms with E-state index in [0.717, 1.165) is 29.8 Å². The Hall–Kier alpha value is -2.31. The van der Waals surface area contributed by atoms with Crippen molar-refractivity contribution in [3.05, 3.63) is 65.2 Å². The Morgan fingerprint density at radius 1 is 1.14 bits per heavy atom. The fourth-order valence-corrected chi connectivity index (χ4v) is 4.78. The van der Waals surface area contributed by atoms with Gasteiger partial charge in [-0.25, -0.2) is 9.69 Å². The van der Waals surface area contributed by atoms with Gasteiger partial charge in [0.1, 0.15) is 12.1 Å². The van der Waals surface area contributed by atoms with Crippen LogP contribution >= 0.6 is 11.8 Å². The third kappa shape index (κ3) is 3.31. The zero-order chi connectivity index (χ0) is 19.7. The molecule has 1 aliphatic carbocycles. The maximum Gasteiger partial charge on any atom is 0.329 e. The number of nitrogens with zero attached hydrogens (tertiary/aromatic N) is 1. The molecule has 1 saturated heterocycles. The van der Waals surface area contributed by atoms with E-state index in [9.17, 15) is 9.59 Å². The van der Waals surface area contributed by atoms with Gasteiger partial charge in [-0.3, -0.25) is 4.79 Å². The monoisotopic (exact) mass is 396 g/mol. The van der Waals surface area contributed by atoms with E-state index < -0.39 is 5.54 Å². The van der Waals surface area contributed by atoms with E-state index in [1.165, 1.54) is 20.9 Å². The van der Waals surface area contributed by atoms with Crippen LogP contribution in [-0.2, 0) is 23.3 Å². The minimum atomic E-state index is -0.883. The average molecular weight is 397 g/mol. The molecule has 146 valence electrons. The van der Waals surface area contributed by atoms with Gasteiger partial charge in [-0.1, -0.05) is 36.4 Å². The number of carbonyl (C=O) groups is 2. The molecule has 4 rings (SSSR count). The predicted octanol–water partition coefficient (Wildman–Crippen LogP) is 2.16. The topological polar surface area (TPSA) is 53.9 Å². The molecule has 3 amide bonds. The first kappa shape index (κ1) is 19.0. The number of aryl methyl sites for hydroxylation is 1. The van der Waals surface area contributed by atoms with Crippen molar-refractivity contribution in [2.24, 2.45) is 0 Å². The zero-order valence-electron chi connectivity index (χ0n) is 16.3. The fraction of sp³-hybridized carbons (Fsp3) is 0.364. The van der Waals surface area contributed by atoms with Gasteiger partial charge in [-0.15, -0.1) is 11.8 Å². The van der Waals surface area contributed by atoms with Gasteiger partial charge in [0.25, 0.3) is 5.91 Å². The Morgan fingerprint density at radius 2 is 1.89 bits per heavy atom. The van der Waals surface area contributed by atoms with Gasteiger partial charge >= 0.3 is 6.03 Å². The lowest BCUT2D eigenvalue weighted by molar-refractivity contribution is -0.901. The number of nitrogens with one attached hydrogen (secondary N) is 2. The van der Waals surface area contributed by atoms with Crippen molar-refractivity contribution >= 4 is 23.7 Å². The summed E-state index contributed by atoms with van der Waals surface area (Å²) < 4.78 is 0. The first-order valence-electron chi connectivity index (χ1n) is 9.70. The number of imide groups is 1. The maximum absolute atomic E-state index is 13.4. The number of benzene rings is 2. The number of carbonyl (C=O) groups excluding carboxylic acids is 2. The smallest absolute Gasteiger partial charge is 0.319 e. The molecule has 0 aromatic heterocycles. The molecule has 1 spiro atoms. The van der Waals surface area contributed by atoms with Crippen molar-refractivity contribution in [2.75, 3.05) is 20.0 Å². The van der Waals surface area contributed by atoms with Crippen molar-refractivity contribution in [3.63, 3.8) is 0 Å². The molecule has 6 heteroatoms. The first-order valence-corrected chi connectivity index (χ1v) is 10.9. The number of fused-ring (bicyclic) bond motifs is 2. The number of rotatable bonds is 5. The van der Waals surface area contributed by atoms with Crippen LogP contribution in [0.15, 0.2) is 53.4 Å². The summed E-state index contributed by atoms with van der Waals surface area (Å²) in [5.41, 5.74) is 2.44. The summed E-state index contributed by atoms with van der Waals surface area (Å²) in [6, 6.07) is 16.2. The minimum Gasteiger partial charge on any atom is -0.319 e. The van der Waals surface area contributed by atoms with Gasteiger partial charge in [0.15, 0.2) is 6.67 Å². The Labute approximate surface area is 170 Å². The number of hydrogen-bond acceptors (Lipinski definition) is 3. The van der Waals surface area contributed by atoms with Crippen LogP contribution in [0, 0.1) is 0 Å². The quantitative estimate of drug-likeness (QED) is 0.602.